The first-order chi connectivity index (χ1) is 9.19. The number of aromatic amines is 1. The first-order valence-corrected chi connectivity index (χ1v) is 7.50. The summed E-state index contributed by atoms with van der Waals surface area (Å²) in [6.07, 6.45) is 6.46. The lowest BCUT2D eigenvalue weighted by Crippen LogP contribution is -2.29. The average Bonchev–Trinajstić information content (AvgIpc) is 2.72. The molecule has 6 heteroatoms. The van der Waals surface area contributed by atoms with Crippen LogP contribution < -0.4 is 5.32 Å². The number of carbonyl (C=O) groups is 1. The van der Waals surface area contributed by atoms with Crippen LogP contribution in [0.2, 0.25) is 0 Å². The van der Waals surface area contributed by atoms with E-state index in [-0.39, 0.29) is 12.5 Å². The molecule has 1 rings (SSSR count). The lowest BCUT2D eigenvalue weighted by Gasteiger charge is -2.07. The summed E-state index contributed by atoms with van der Waals surface area (Å²) in [5.41, 5.74) is 0. The molecule has 0 aliphatic heterocycles. The topological polar surface area (TPSA) is 62.7 Å². The van der Waals surface area contributed by atoms with E-state index < -0.39 is 0 Å². The number of nitrogens with one attached hydrogen (secondary N) is 2. The summed E-state index contributed by atoms with van der Waals surface area (Å²) in [7, 11) is 0. The third-order valence-electron chi connectivity index (χ3n) is 2.97. The van der Waals surface area contributed by atoms with Gasteiger partial charge < -0.3 is 5.32 Å². The maximum Gasteiger partial charge on any atom is 0.240 e. The number of rotatable bonds is 9. The molecular formula is C13H24N4OS. The molecule has 0 unspecified atom stereocenters. The number of unbranched alkanes of at least 4 members (excludes halogenated alkanes) is 3. The zero-order valence-electron chi connectivity index (χ0n) is 11.9. The lowest BCUT2D eigenvalue weighted by atomic mass is 10.2. The lowest BCUT2D eigenvalue weighted by molar-refractivity contribution is -0.121. The highest BCUT2D eigenvalue weighted by atomic mass is 32.1. The third kappa shape index (κ3) is 5.55. The molecule has 0 radical (unpaired) electrons. The Balaban J connectivity index is 2.39. The standard InChI is InChI=1S/C13H24N4OS/c1-3-5-6-7-9-14-12(18)10-17-11(8-4-2)15-16-13(17)19/h3-10H2,1-2H3,(H,14,18)(H,16,19). The minimum absolute atomic E-state index is 0.00588. The first-order valence-electron chi connectivity index (χ1n) is 7.09. The normalized spacial score (nSPS) is 10.6. The Labute approximate surface area is 119 Å². The third-order valence-corrected chi connectivity index (χ3v) is 3.28. The Morgan fingerprint density at radius 1 is 1.32 bits per heavy atom. The van der Waals surface area contributed by atoms with E-state index in [0.29, 0.717) is 4.77 Å². The van der Waals surface area contributed by atoms with E-state index >= 15 is 0 Å². The van der Waals surface area contributed by atoms with Gasteiger partial charge in [-0.2, -0.15) is 5.10 Å². The highest BCUT2D eigenvalue weighted by Gasteiger charge is 2.09. The summed E-state index contributed by atoms with van der Waals surface area (Å²) in [5, 5.41) is 9.82. The Kier molecular flexibility index (Phi) is 7.40. The number of hydrogen-bond donors (Lipinski definition) is 2. The maximum absolute atomic E-state index is 11.8. The minimum Gasteiger partial charge on any atom is -0.355 e. The molecule has 0 aliphatic rings. The monoisotopic (exact) mass is 284 g/mol. The van der Waals surface area contributed by atoms with Gasteiger partial charge in [-0.05, 0) is 25.1 Å². The minimum atomic E-state index is 0.00588. The molecule has 0 spiro atoms. The van der Waals surface area contributed by atoms with E-state index in [1.54, 1.807) is 4.57 Å². The first kappa shape index (κ1) is 15.9. The van der Waals surface area contributed by atoms with Gasteiger partial charge in [0.25, 0.3) is 0 Å². The van der Waals surface area contributed by atoms with Gasteiger partial charge in [0.1, 0.15) is 12.4 Å². The number of amides is 1. The fourth-order valence-corrected chi connectivity index (χ4v) is 2.12. The number of nitrogens with zero attached hydrogens (tertiary/aromatic N) is 2. The van der Waals surface area contributed by atoms with Gasteiger partial charge in [0.2, 0.25) is 5.91 Å². The van der Waals surface area contributed by atoms with Crippen LogP contribution in [0, 0.1) is 4.77 Å². The van der Waals surface area contributed by atoms with E-state index in [2.05, 4.69) is 29.4 Å². The van der Waals surface area contributed by atoms with E-state index in [1.807, 2.05) is 0 Å². The maximum atomic E-state index is 11.8. The van der Waals surface area contributed by atoms with Crippen LogP contribution >= 0.6 is 12.2 Å². The van der Waals surface area contributed by atoms with E-state index in [1.165, 1.54) is 19.3 Å². The predicted octanol–water partition coefficient (Wildman–Crippen LogP) is 2.59. The van der Waals surface area contributed by atoms with Crippen LogP contribution in [-0.4, -0.2) is 27.2 Å². The second-order valence-corrected chi connectivity index (χ2v) is 5.08. The summed E-state index contributed by atoms with van der Waals surface area (Å²) in [6.45, 7) is 5.26. The molecule has 1 heterocycles. The summed E-state index contributed by atoms with van der Waals surface area (Å²) in [4.78, 5) is 11.8. The average molecular weight is 284 g/mol. The Morgan fingerprint density at radius 3 is 2.79 bits per heavy atom. The van der Waals surface area contributed by atoms with Gasteiger partial charge in [-0.25, -0.2) is 0 Å². The Bertz CT molecular complexity index is 438. The Hall–Kier alpha value is -1.17. The van der Waals surface area contributed by atoms with Gasteiger partial charge >= 0.3 is 0 Å². The molecule has 2 N–H and O–H groups in total. The van der Waals surface area contributed by atoms with E-state index in [9.17, 15) is 4.79 Å². The van der Waals surface area contributed by atoms with Gasteiger partial charge in [0.05, 0.1) is 0 Å². The van der Waals surface area contributed by atoms with E-state index in [0.717, 1.165) is 31.6 Å². The fraction of sp³-hybridized carbons (Fsp3) is 0.769. The van der Waals surface area contributed by atoms with Crippen molar-refractivity contribution in [2.75, 3.05) is 6.54 Å². The van der Waals surface area contributed by atoms with Crippen LogP contribution in [0.4, 0.5) is 0 Å². The molecule has 5 nitrogen and oxygen atoms in total. The SMILES string of the molecule is CCCCCCNC(=O)Cn1c(CCC)n[nH]c1=S. The van der Waals surface area contributed by atoms with Gasteiger partial charge in [0, 0.05) is 13.0 Å². The summed E-state index contributed by atoms with van der Waals surface area (Å²) in [6, 6.07) is 0. The molecule has 0 fully saturated rings. The number of H-pyrrole nitrogens is 1. The molecule has 0 atom stereocenters. The van der Waals surface area contributed by atoms with Crippen molar-refractivity contribution >= 4 is 18.1 Å². The number of aromatic nitrogens is 3. The van der Waals surface area contributed by atoms with Crippen molar-refractivity contribution in [3.05, 3.63) is 10.6 Å². The van der Waals surface area contributed by atoms with Crippen molar-refractivity contribution in [1.82, 2.24) is 20.1 Å². The molecule has 0 bridgehead atoms. The highest BCUT2D eigenvalue weighted by molar-refractivity contribution is 7.71. The summed E-state index contributed by atoms with van der Waals surface area (Å²) in [5.74, 6) is 0.861. The van der Waals surface area contributed by atoms with Crippen molar-refractivity contribution in [1.29, 1.82) is 0 Å². The van der Waals surface area contributed by atoms with Crippen molar-refractivity contribution < 1.29 is 4.79 Å². The van der Waals surface area contributed by atoms with Crippen LogP contribution in [0.1, 0.15) is 51.8 Å². The molecule has 0 aliphatic carbocycles. The number of carbonyl (C=O) groups excluding carboxylic acids is 1. The Morgan fingerprint density at radius 2 is 2.11 bits per heavy atom. The van der Waals surface area contributed by atoms with Crippen LogP contribution in [0.25, 0.3) is 0 Å². The van der Waals surface area contributed by atoms with Crippen LogP contribution in [0.15, 0.2) is 0 Å². The zero-order valence-corrected chi connectivity index (χ0v) is 12.7. The van der Waals surface area contributed by atoms with E-state index in [4.69, 9.17) is 12.2 Å². The molecule has 0 saturated carbocycles. The molecular weight excluding hydrogens is 260 g/mol. The van der Waals surface area contributed by atoms with Crippen LogP contribution in [0.5, 0.6) is 0 Å². The summed E-state index contributed by atoms with van der Waals surface area (Å²) >= 11 is 5.14. The van der Waals surface area contributed by atoms with Crippen molar-refractivity contribution in [2.24, 2.45) is 0 Å². The van der Waals surface area contributed by atoms with Crippen LogP contribution in [0.3, 0.4) is 0 Å². The highest BCUT2D eigenvalue weighted by Crippen LogP contribution is 2.01. The van der Waals surface area contributed by atoms with Crippen LogP contribution in [-0.2, 0) is 17.8 Å². The number of aryl methyl sites for hydroxylation is 1. The molecule has 1 aromatic heterocycles. The zero-order chi connectivity index (χ0) is 14.1. The molecule has 0 aromatic carbocycles. The molecule has 19 heavy (non-hydrogen) atoms. The fourth-order valence-electron chi connectivity index (χ4n) is 1.91. The molecule has 1 aromatic rings. The molecule has 0 saturated heterocycles. The van der Waals surface area contributed by atoms with Crippen molar-refractivity contribution in [3.63, 3.8) is 0 Å². The summed E-state index contributed by atoms with van der Waals surface area (Å²) < 4.78 is 2.30. The van der Waals surface area contributed by atoms with Gasteiger partial charge in [0.15, 0.2) is 4.77 Å². The van der Waals surface area contributed by atoms with Gasteiger partial charge in [-0.3, -0.25) is 14.5 Å². The molecule has 1 amide bonds. The van der Waals surface area contributed by atoms with Gasteiger partial charge in [-0.1, -0.05) is 33.1 Å². The second kappa shape index (κ2) is 8.85. The van der Waals surface area contributed by atoms with Crippen molar-refractivity contribution in [3.8, 4) is 0 Å². The second-order valence-electron chi connectivity index (χ2n) is 4.69. The predicted molar refractivity (Wildman–Crippen MR) is 78.6 cm³/mol. The van der Waals surface area contributed by atoms with Crippen molar-refractivity contribution in [2.45, 2.75) is 58.9 Å². The van der Waals surface area contributed by atoms with Gasteiger partial charge in [-0.15, -0.1) is 0 Å². The number of hydrogen-bond acceptors (Lipinski definition) is 3. The molecule has 108 valence electrons. The quantitative estimate of drug-likeness (QED) is 0.541. The smallest absolute Gasteiger partial charge is 0.240 e. The largest absolute Gasteiger partial charge is 0.355 e.